The number of hydrogen-bond acceptors (Lipinski definition) is 2. The van der Waals surface area contributed by atoms with Crippen LogP contribution in [0.5, 0.6) is 0 Å². The van der Waals surface area contributed by atoms with E-state index < -0.39 is 0 Å². The molecule has 0 saturated heterocycles. The van der Waals surface area contributed by atoms with Gasteiger partial charge >= 0.3 is 0 Å². The van der Waals surface area contributed by atoms with Gasteiger partial charge in [0, 0.05) is 12.0 Å². The summed E-state index contributed by atoms with van der Waals surface area (Å²) < 4.78 is 5.25. The van der Waals surface area contributed by atoms with Gasteiger partial charge in [-0.3, -0.25) is 4.79 Å². The van der Waals surface area contributed by atoms with Crippen molar-refractivity contribution < 1.29 is 9.53 Å². The molecule has 0 aromatic heterocycles. The second kappa shape index (κ2) is 3.89. The Morgan fingerprint density at radius 2 is 2.07 bits per heavy atom. The highest BCUT2D eigenvalue weighted by Crippen LogP contribution is 2.17. The first-order chi connectivity index (χ1) is 7.18. The number of aryl methyl sites for hydroxylation is 2. The zero-order valence-electron chi connectivity index (χ0n) is 9.04. The van der Waals surface area contributed by atoms with Crippen LogP contribution in [0.25, 0.3) is 0 Å². The Bertz CT molecular complexity index is 430. The van der Waals surface area contributed by atoms with E-state index in [1.807, 2.05) is 38.1 Å². The lowest BCUT2D eigenvalue weighted by atomic mass is 10.0. The summed E-state index contributed by atoms with van der Waals surface area (Å²) in [7, 11) is 0. The van der Waals surface area contributed by atoms with Crippen molar-refractivity contribution in [2.75, 3.05) is 6.61 Å². The second-order valence-corrected chi connectivity index (χ2v) is 3.83. The highest BCUT2D eigenvalue weighted by Gasteiger charge is 2.16. The number of ketones is 1. The lowest BCUT2D eigenvalue weighted by Crippen LogP contribution is -2.04. The Morgan fingerprint density at radius 1 is 1.27 bits per heavy atom. The van der Waals surface area contributed by atoms with Crippen molar-refractivity contribution in [1.82, 2.24) is 0 Å². The molecule has 1 aliphatic rings. The molecule has 15 heavy (non-hydrogen) atoms. The largest absolute Gasteiger partial charge is 0.489 e. The van der Waals surface area contributed by atoms with Gasteiger partial charge in [-0.25, -0.2) is 0 Å². The van der Waals surface area contributed by atoms with E-state index in [9.17, 15) is 4.79 Å². The minimum absolute atomic E-state index is 0.00407. The number of hydrogen-bond donors (Lipinski definition) is 0. The molecule has 0 fully saturated rings. The van der Waals surface area contributed by atoms with E-state index in [4.69, 9.17) is 4.74 Å². The molecule has 0 spiro atoms. The van der Waals surface area contributed by atoms with Crippen LogP contribution < -0.4 is 0 Å². The third kappa shape index (κ3) is 1.94. The first-order valence-electron chi connectivity index (χ1n) is 5.13. The number of allylic oxidation sites excluding steroid dienone is 1. The Kier molecular flexibility index (Phi) is 2.58. The summed E-state index contributed by atoms with van der Waals surface area (Å²) in [6.07, 6.45) is 2.70. The number of rotatable bonds is 2. The quantitative estimate of drug-likeness (QED) is 0.689. The van der Waals surface area contributed by atoms with Gasteiger partial charge in [0.15, 0.2) is 5.76 Å². The van der Waals surface area contributed by atoms with Crippen LogP contribution in [0, 0.1) is 13.8 Å². The van der Waals surface area contributed by atoms with E-state index in [2.05, 4.69) is 0 Å². The van der Waals surface area contributed by atoms with Gasteiger partial charge in [0.2, 0.25) is 5.78 Å². The molecule has 1 aliphatic heterocycles. The van der Waals surface area contributed by atoms with Gasteiger partial charge in [-0.2, -0.15) is 0 Å². The second-order valence-electron chi connectivity index (χ2n) is 3.83. The molecule has 1 heterocycles. The van der Waals surface area contributed by atoms with Crippen LogP contribution >= 0.6 is 0 Å². The Morgan fingerprint density at radius 3 is 2.67 bits per heavy atom. The molecule has 0 atom stereocenters. The van der Waals surface area contributed by atoms with E-state index in [1.165, 1.54) is 5.56 Å². The third-order valence-electron chi connectivity index (χ3n) is 2.70. The van der Waals surface area contributed by atoms with Gasteiger partial charge in [0.25, 0.3) is 0 Å². The van der Waals surface area contributed by atoms with Crippen LogP contribution in [-0.4, -0.2) is 12.4 Å². The van der Waals surface area contributed by atoms with Crippen molar-refractivity contribution in [2.24, 2.45) is 0 Å². The van der Waals surface area contributed by atoms with Crippen LogP contribution in [0.2, 0.25) is 0 Å². The first kappa shape index (κ1) is 9.97. The standard InChI is InChI=1S/C13H14O2/c1-9-5-6-11(8-10(9)2)13(14)12-4-3-7-15-12/h4-6,8H,3,7H2,1-2H3. The van der Waals surface area contributed by atoms with E-state index in [1.54, 1.807) is 0 Å². The van der Waals surface area contributed by atoms with Gasteiger partial charge in [-0.05, 0) is 37.1 Å². The highest BCUT2D eigenvalue weighted by molar-refractivity contribution is 6.07. The average Bonchev–Trinajstić information content (AvgIpc) is 2.74. The Balaban J connectivity index is 2.29. The van der Waals surface area contributed by atoms with Gasteiger partial charge in [-0.15, -0.1) is 0 Å². The molecule has 78 valence electrons. The first-order valence-corrected chi connectivity index (χ1v) is 5.13. The van der Waals surface area contributed by atoms with Crippen LogP contribution in [0.1, 0.15) is 27.9 Å². The summed E-state index contributed by atoms with van der Waals surface area (Å²) in [6, 6.07) is 5.74. The predicted octanol–water partition coefficient (Wildman–Crippen LogP) is 2.79. The Hall–Kier alpha value is -1.57. The van der Waals surface area contributed by atoms with Crippen LogP contribution in [0.3, 0.4) is 0 Å². The molecule has 0 radical (unpaired) electrons. The molecule has 1 aromatic carbocycles. The molecule has 0 bridgehead atoms. The Labute approximate surface area is 89.6 Å². The summed E-state index contributed by atoms with van der Waals surface area (Å²) in [6.45, 7) is 4.68. The van der Waals surface area contributed by atoms with Crippen LogP contribution in [0.15, 0.2) is 30.0 Å². The highest BCUT2D eigenvalue weighted by atomic mass is 16.5. The summed E-state index contributed by atoms with van der Waals surface area (Å²) >= 11 is 0. The fourth-order valence-electron chi connectivity index (χ4n) is 1.60. The summed E-state index contributed by atoms with van der Waals surface area (Å²) in [4.78, 5) is 11.9. The van der Waals surface area contributed by atoms with E-state index in [-0.39, 0.29) is 5.78 Å². The maximum Gasteiger partial charge on any atom is 0.227 e. The molecule has 2 heteroatoms. The minimum atomic E-state index is -0.00407. The molecule has 0 aliphatic carbocycles. The summed E-state index contributed by atoms with van der Waals surface area (Å²) in [5, 5.41) is 0. The van der Waals surface area contributed by atoms with Crippen molar-refractivity contribution in [1.29, 1.82) is 0 Å². The molecule has 2 rings (SSSR count). The molecule has 1 aromatic rings. The maximum atomic E-state index is 11.9. The third-order valence-corrected chi connectivity index (χ3v) is 2.70. The van der Waals surface area contributed by atoms with Crippen LogP contribution in [0.4, 0.5) is 0 Å². The summed E-state index contributed by atoms with van der Waals surface area (Å²) in [5.74, 6) is 0.494. The number of carbonyl (C=O) groups excluding carboxylic acids is 1. The van der Waals surface area contributed by atoms with E-state index in [0.29, 0.717) is 17.9 Å². The van der Waals surface area contributed by atoms with Gasteiger partial charge < -0.3 is 4.74 Å². The SMILES string of the molecule is Cc1ccc(C(=O)C2=CCCO2)cc1C. The molecule has 0 N–H and O–H groups in total. The molecule has 0 amide bonds. The number of Topliss-reactive ketones (excluding diaryl/α,β-unsaturated/α-hetero) is 1. The van der Waals surface area contributed by atoms with Gasteiger partial charge in [0.1, 0.15) is 0 Å². The summed E-state index contributed by atoms with van der Waals surface area (Å²) in [5.41, 5.74) is 3.05. The van der Waals surface area contributed by atoms with Gasteiger partial charge in [-0.1, -0.05) is 12.1 Å². The maximum absolute atomic E-state index is 11.9. The van der Waals surface area contributed by atoms with Crippen molar-refractivity contribution in [2.45, 2.75) is 20.3 Å². The lowest BCUT2D eigenvalue weighted by Gasteiger charge is -2.05. The molecule has 2 nitrogen and oxygen atoms in total. The van der Waals surface area contributed by atoms with E-state index >= 15 is 0 Å². The van der Waals surface area contributed by atoms with Crippen molar-refractivity contribution in [3.63, 3.8) is 0 Å². The molecular weight excluding hydrogens is 188 g/mol. The van der Waals surface area contributed by atoms with Crippen molar-refractivity contribution in [3.05, 3.63) is 46.7 Å². The number of carbonyl (C=O) groups is 1. The van der Waals surface area contributed by atoms with Crippen LogP contribution in [-0.2, 0) is 4.74 Å². The average molecular weight is 202 g/mol. The molecule has 0 unspecified atom stereocenters. The fourth-order valence-corrected chi connectivity index (χ4v) is 1.60. The number of benzene rings is 1. The smallest absolute Gasteiger partial charge is 0.227 e. The number of ether oxygens (including phenoxy) is 1. The monoisotopic (exact) mass is 202 g/mol. The lowest BCUT2D eigenvalue weighted by molar-refractivity contribution is 0.0942. The zero-order chi connectivity index (χ0) is 10.8. The fraction of sp³-hybridized carbons (Fsp3) is 0.308. The van der Waals surface area contributed by atoms with Crippen molar-refractivity contribution in [3.8, 4) is 0 Å². The van der Waals surface area contributed by atoms with Crippen molar-refractivity contribution >= 4 is 5.78 Å². The normalized spacial score (nSPS) is 14.7. The predicted molar refractivity (Wildman–Crippen MR) is 58.9 cm³/mol. The van der Waals surface area contributed by atoms with Gasteiger partial charge in [0.05, 0.1) is 6.61 Å². The minimum Gasteiger partial charge on any atom is -0.489 e. The molecule has 0 saturated carbocycles. The molecular formula is C13H14O2. The topological polar surface area (TPSA) is 26.3 Å². The van der Waals surface area contributed by atoms with E-state index in [0.717, 1.165) is 12.0 Å². The zero-order valence-corrected chi connectivity index (χ0v) is 9.04.